The Kier molecular flexibility index (Phi) is 9.01. The second-order valence-electron chi connectivity index (χ2n) is 9.69. The SMILES string of the molecule is CCOC(=O)C1=C(C)N=c2s/c(=C/c3ccc(Sc4nc(C)cc(=O)[nH]4)c([N+](=O)[O-])c3)c(=O)n2[C@@H]1c1ccc(OC)c(OC)c1. The molecule has 1 aliphatic heterocycles. The van der Waals surface area contributed by atoms with E-state index in [0.717, 1.165) is 23.1 Å². The summed E-state index contributed by atoms with van der Waals surface area (Å²) in [4.78, 5) is 62.4. The Morgan fingerprint density at radius 1 is 1.13 bits per heavy atom. The topological polar surface area (TPSA) is 168 Å². The molecule has 13 nitrogen and oxygen atoms in total. The number of esters is 1. The van der Waals surface area contributed by atoms with Gasteiger partial charge in [0.25, 0.3) is 16.8 Å². The standard InChI is InChI=1S/C30H27N5O8S2/c1-6-43-28(38)25-16(3)32-30-34(26(25)18-8-9-20(41-4)21(14-18)42-5)27(37)23(45-30)13-17-7-10-22(19(12-17)35(39)40)44-29-31-15(2)11-24(36)33-29/h7-14,26H,6H2,1-5H3,(H,31,33,36)/b23-13+/t26-/m1/s1. The quantitative estimate of drug-likeness (QED) is 0.123. The lowest BCUT2D eigenvalue weighted by molar-refractivity contribution is -0.387. The van der Waals surface area contributed by atoms with Gasteiger partial charge in [-0.25, -0.2) is 14.8 Å². The van der Waals surface area contributed by atoms with Gasteiger partial charge in [-0.1, -0.05) is 23.5 Å². The van der Waals surface area contributed by atoms with Crippen LogP contribution in [-0.4, -0.2) is 46.3 Å². The Hall–Kier alpha value is -5.02. The first kappa shape index (κ1) is 31.4. The number of aromatic nitrogens is 3. The van der Waals surface area contributed by atoms with E-state index in [1.54, 1.807) is 45.0 Å². The molecule has 4 aromatic rings. The molecule has 0 amide bonds. The second-order valence-corrected chi connectivity index (χ2v) is 11.7. The van der Waals surface area contributed by atoms with Crippen LogP contribution in [0.3, 0.4) is 0 Å². The molecular formula is C30H27N5O8S2. The van der Waals surface area contributed by atoms with Crippen molar-refractivity contribution in [3.8, 4) is 11.5 Å². The van der Waals surface area contributed by atoms with Crippen LogP contribution in [0.1, 0.15) is 36.7 Å². The molecule has 1 N–H and O–H groups in total. The number of H-pyrrole nitrogens is 1. The molecule has 0 bridgehead atoms. The van der Waals surface area contributed by atoms with Gasteiger partial charge in [-0.2, -0.15) is 0 Å². The molecule has 1 aliphatic rings. The molecule has 232 valence electrons. The van der Waals surface area contributed by atoms with E-state index in [4.69, 9.17) is 14.2 Å². The highest BCUT2D eigenvalue weighted by atomic mass is 32.2. The van der Waals surface area contributed by atoms with E-state index in [-0.39, 0.29) is 38.0 Å². The third-order valence-electron chi connectivity index (χ3n) is 6.77. The molecule has 2 aromatic carbocycles. The molecule has 0 spiro atoms. The van der Waals surface area contributed by atoms with E-state index in [0.29, 0.717) is 38.8 Å². The summed E-state index contributed by atoms with van der Waals surface area (Å²) in [6, 6.07) is 10.0. The van der Waals surface area contributed by atoms with Crippen molar-refractivity contribution < 1.29 is 23.9 Å². The van der Waals surface area contributed by atoms with Gasteiger partial charge in [0.2, 0.25) is 0 Å². The number of carbonyl (C=O) groups excluding carboxylic acids is 1. The number of allylic oxidation sites excluding steroid dienone is 1. The highest BCUT2D eigenvalue weighted by Gasteiger charge is 2.34. The number of rotatable bonds is 9. The van der Waals surface area contributed by atoms with Crippen molar-refractivity contribution in [1.29, 1.82) is 0 Å². The van der Waals surface area contributed by atoms with Crippen LogP contribution in [-0.2, 0) is 9.53 Å². The molecule has 3 heterocycles. The van der Waals surface area contributed by atoms with Crippen molar-refractivity contribution in [2.45, 2.75) is 36.9 Å². The average Bonchev–Trinajstić information content (AvgIpc) is 3.29. The van der Waals surface area contributed by atoms with Crippen LogP contribution in [0.2, 0.25) is 0 Å². The van der Waals surface area contributed by atoms with Crippen LogP contribution in [0.4, 0.5) is 5.69 Å². The Balaban J connectivity index is 1.64. The Morgan fingerprint density at radius 2 is 1.89 bits per heavy atom. The van der Waals surface area contributed by atoms with E-state index in [9.17, 15) is 24.5 Å². The number of thiazole rings is 1. The van der Waals surface area contributed by atoms with Crippen LogP contribution in [0.15, 0.2) is 78.4 Å². The first-order chi connectivity index (χ1) is 21.5. The highest BCUT2D eigenvalue weighted by Crippen LogP contribution is 2.36. The van der Waals surface area contributed by atoms with Crippen LogP contribution in [0, 0.1) is 17.0 Å². The number of nitrogens with zero attached hydrogens (tertiary/aromatic N) is 4. The number of hydrogen-bond acceptors (Lipinski definition) is 12. The van der Waals surface area contributed by atoms with Crippen LogP contribution >= 0.6 is 23.1 Å². The van der Waals surface area contributed by atoms with Crippen molar-refractivity contribution >= 4 is 40.8 Å². The van der Waals surface area contributed by atoms with Gasteiger partial charge >= 0.3 is 5.97 Å². The minimum atomic E-state index is -0.889. The Labute approximate surface area is 263 Å². The van der Waals surface area contributed by atoms with Crippen LogP contribution in [0.5, 0.6) is 11.5 Å². The first-order valence-electron chi connectivity index (χ1n) is 13.5. The molecule has 0 saturated heterocycles. The summed E-state index contributed by atoms with van der Waals surface area (Å²) in [6.07, 6.45) is 1.53. The number of hydrogen-bond donors (Lipinski definition) is 1. The van der Waals surface area contributed by atoms with E-state index >= 15 is 0 Å². The summed E-state index contributed by atoms with van der Waals surface area (Å²) in [5.41, 5.74) is 0.980. The third kappa shape index (κ3) is 6.30. The number of methoxy groups -OCH3 is 2. The molecule has 0 unspecified atom stereocenters. The van der Waals surface area contributed by atoms with Gasteiger partial charge in [0.15, 0.2) is 21.5 Å². The molecule has 1 atom stereocenters. The fourth-order valence-corrected chi connectivity index (χ4v) is 6.81. The van der Waals surface area contributed by atoms with Gasteiger partial charge in [-0.3, -0.25) is 24.3 Å². The fourth-order valence-electron chi connectivity index (χ4n) is 4.84. The van der Waals surface area contributed by atoms with E-state index in [2.05, 4.69) is 15.0 Å². The van der Waals surface area contributed by atoms with Gasteiger partial charge < -0.3 is 19.2 Å². The van der Waals surface area contributed by atoms with Crippen LogP contribution < -0.4 is 29.9 Å². The average molecular weight is 650 g/mol. The lowest BCUT2D eigenvalue weighted by Crippen LogP contribution is -2.40. The van der Waals surface area contributed by atoms with Gasteiger partial charge in [-0.15, -0.1) is 0 Å². The first-order valence-corrected chi connectivity index (χ1v) is 15.1. The monoisotopic (exact) mass is 649 g/mol. The van der Waals surface area contributed by atoms with Crippen molar-refractivity contribution in [3.05, 3.63) is 111 Å². The zero-order chi connectivity index (χ0) is 32.4. The van der Waals surface area contributed by atoms with Crippen molar-refractivity contribution in [2.24, 2.45) is 4.99 Å². The van der Waals surface area contributed by atoms with Gasteiger partial charge in [0, 0.05) is 17.8 Å². The van der Waals surface area contributed by atoms with Crippen molar-refractivity contribution in [3.63, 3.8) is 0 Å². The minimum absolute atomic E-state index is 0.127. The van der Waals surface area contributed by atoms with Gasteiger partial charge in [0.05, 0.1) is 52.5 Å². The highest BCUT2D eigenvalue weighted by molar-refractivity contribution is 7.99. The maximum absolute atomic E-state index is 14.0. The number of carbonyl (C=O) groups is 1. The molecule has 0 saturated carbocycles. The maximum atomic E-state index is 14.0. The predicted molar refractivity (Wildman–Crippen MR) is 167 cm³/mol. The number of aromatic amines is 1. The summed E-state index contributed by atoms with van der Waals surface area (Å²) < 4.78 is 17.8. The van der Waals surface area contributed by atoms with E-state index in [1.165, 1.54) is 43.1 Å². The van der Waals surface area contributed by atoms with E-state index in [1.807, 2.05) is 0 Å². The zero-order valence-corrected chi connectivity index (χ0v) is 26.4. The zero-order valence-electron chi connectivity index (χ0n) is 24.8. The van der Waals surface area contributed by atoms with Crippen molar-refractivity contribution in [1.82, 2.24) is 14.5 Å². The summed E-state index contributed by atoms with van der Waals surface area (Å²) in [5.74, 6) is 0.269. The second kappa shape index (κ2) is 12.9. The fraction of sp³-hybridized carbons (Fsp3) is 0.233. The number of ether oxygens (including phenoxy) is 3. The number of aryl methyl sites for hydroxylation is 1. The molecule has 15 heteroatoms. The molecule has 0 aliphatic carbocycles. The Bertz CT molecular complexity index is 2120. The Morgan fingerprint density at radius 3 is 2.56 bits per heavy atom. The number of nitro groups is 1. The minimum Gasteiger partial charge on any atom is -0.493 e. The molecule has 0 radical (unpaired) electrons. The summed E-state index contributed by atoms with van der Waals surface area (Å²) in [6.45, 7) is 5.14. The lowest BCUT2D eigenvalue weighted by atomic mass is 9.95. The van der Waals surface area contributed by atoms with E-state index < -0.39 is 22.5 Å². The maximum Gasteiger partial charge on any atom is 0.338 e. The smallest absolute Gasteiger partial charge is 0.338 e. The normalized spacial score (nSPS) is 14.5. The summed E-state index contributed by atoms with van der Waals surface area (Å²) in [7, 11) is 2.99. The third-order valence-corrected chi connectivity index (χ3v) is 8.71. The molecule has 45 heavy (non-hydrogen) atoms. The molecule has 5 rings (SSSR count). The lowest BCUT2D eigenvalue weighted by Gasteiger charge is -2.25. The van der Waals surface area contributed by atoms with Gasteiger partial charge in [0.1, 0.15) is 0 Å². The van der Waals surface area contributed by atoms with Crippen LogP contribution in [0.25, 0.3) is 6.08 Å². The van der Waals surface area contributed by atoms with Gasteiger partial charge in [-0.05, 0) is 67.9 Å². The van der Waals surface area contributed by atoms with Crippen molar-refractivity contribution in [2.75, 3.05) is 20.8 Å². The number of nitro benzene ring substituents is 1. The number of fused-ring (bicyclic) bond motifs is 1. The predicted octanol–water partition coefficient (Wildman–Crippen LogP) is 3.27. The number of benzene rings is 2. The molecular weight excluding hydrogens is 622 g/mol. The number of nitrogens with one attached hydrogen (secondary N) is 1. The summed E-state index contributed by atoms with van der Waals surface area (Å²) >= 11 is 2.04. The molecule has 0 fully saturated rings. The largest absolute Gasteiger partial charge is 0.493 e. The summed E-state index contributed by atoms with van der Waals surface area (Å²) in [5, 5.41) is 12.2. The molecule has 2 aromatic heterocycles.